The maximum Gasteiger partial charge on any atom is 0.409 e. The molecular formula is H4F2N2O5S3. The molecular weight excluding hydrogens is 242 g/mol. The molecule has 0 heterocycles. The molecule has 76 valence electrons. The molecule has 0 aromatic carbocycles. The lowest BCUT2D eigenvalue weighted by Crippen LogP contribution is -2.15. The first-order chi connectivity index (χ1) is 4.50. The van der Waals surface area contributed by atoms with Crippen molar-refractivity contribution < 1.29 is 28.8 Å². The van der Waals surface area contributed by atoms with Gasteiger partial charge in [-0.3, -0.25) is 0 Å². The van der Waals surface area contributed by atoms with Crippen LogP contribution in [0.25, 0.3) is 0 Å². The van der Waals surface area contributed by atoms with Crippen LogP contribution in [0.3, 0.4) is 0 Å². The summed E-state index contributed by atoms with van der Waals surface area (Å²) in [6, 6.07) is 0. The van der Waals surface area contributed by atoms with Crippen molar-refractivity contribution in [3.05, 3.63) is 0 Å². The van der Waals surface area contributed by atoms with E-state index in [4.69, 9.17) is 4.78 Å². The number of rotatable bonds is 2. The van der Waals surface area contributed by atoms with Gasteiger partial charge in [-0.2, -0.15) is 16.8 Å². The van der Waals surface area contributed by atoms with E-state index in [0.717, 1.165) is 0 Å². The van der Waals surface area contributed by atoms with Crippen molar-refractivity contribution in [1.82, 2.24) is 6.15 Å². The number of halogens is 2. The molecule has 0 amide bonds. The summed E-state index contributed by atoms with van der Waals surface area (Å²) in [7, 11) is -18.4. The van der Waals surface area contributed by atoms with Crippen LogP contribution in [-0.2, 0) is 26.3 Å². The maximum absolute atomic E-state index is 11.6. The summed E-state index contributed by atoms with van der Waals surface area (Å²) in [5.41, 5.74) is 0. The summed E-state index contributed by atoms with van der Waals surface area (Å²) < 4.78 is 77.1. The van der Waals surface area contributed by atoms with Crippen molar-refractivity contribution in [3.63, 3.8) is 0 Å². The van der Waals surface area contributed by atoms with Gasteiger partial charge in [0.25, 0.3) is 0 Å². The average Bonchev–Trinajstić information content (AvgIpc) is 1.58. The zero-order valence-corrected chi connectivity index (χ0v) is 7.68. The molecule has 0 aliphatic carbocycles. The van der Waals surface area contributed by atoms with Gasteiger partial charge in [-0.05, 0) is 0 Å². The number of nitrogens with one attached hydrogen (secondary N) is 1. The first kappa shape index (κ1) is 14.2. The second-order valence-electron chi connectivity index (χ2n) is 1.24. The molecule has 0 fully saturated rings. The van der Waals surface area contributed by atoms with Crippen molar-refractivity contribution in [1.29, 1.82) is 4.78 Å². The molecule has 4 N–H and O–H groups in total. The molecule has 0 aliphatic rings. The summed E-state index contributed by atoms with van der Waals surface area (Å²) >= 11 is 0. The van der Waals surface area contributed by atoms with Crippen molar-refractivity contribution in [2.24, 2.45) is 0 Å². The molecule has 0 radical (unpaired) electrons. The molecule has 0 spiro atoms. The first-order valence-electron chi connectivity index (χ1n) is 1.68. The Bertz CT molecular complexity index is 401. The summed E-state index contributed by atoms with van der Waals surface area (Å²) in [6.45, 7) is 0. The van der Waals surface area contributed by atoms with Gasteiger partial charge in [0.1, 0.15) is 0 Å². The van der Waals surface area contributed by atoms with E-state index in [1.54, 1.807) is 0 Å². The van der Waals surface area contributed by atoms with Gasteiger partial charge >= 0.3 is 26.3 Å². The van der Waals surface area contributed by atoms with E-state index < -0.39 is 26.3 Å². The Morgan fingerprint density at radius 3 is 1.00 bits per heavy atom. The van der Waals surface area contributed by atoms with Gasteiger partial charge in [0.15, 0.2) is 0 Å². The van der Waals surface area contributed by atoms with Crippen LogP contribution in [0.1, 0.15) is 0 Å². The second kappa shape index (κ2) is 3.20. The van der Waals surface area contributed by atoms with Gasteiger partial charge < -0.3 is 6.15 Å². The topological polar surface area (TPSA) is 144 Å². The Morgan fingerprint density at radius 1 is 0.833 bits per heavy atom. The molecule has 0 saturated carbocycles. The third-order valence-corrected chi connectivity index (χ3v) is 7.64. The van der Waals surface area contributed by atoms with Crippen LogP contribution >= 0.6 is 0 Å². The van der Waals surface area contributed by atoms with Gasteiger partial charge in [0.05, 0.1) is 0 Å². The first-order valence-corrected chi connectivity index (χ1v) is 7.04. The zero-order valence-electron chi connectivity index (χ0n) is 5.23. The van der Waals surface area contributed by atoms with E-state index in [1.165, 1.54) is 0 Å². The molecule has 0 aliphatic heterocycles. The smallest absolute Gasteiger partial charge is 0.344 e. The minimum Gasteiger partial charge on any atom is -0.344 e. The van der Waals surface area contributed by atoms with E-state index in [1.807, 2.05) is 0 Å². The van der Waals surface area contributed by atoms with Crippen LogP contribution in [0.2, 0.25) is 0 Å². The minimum absolute atomic E-state index is 0. The highest BCUT2D eigenvalue weighted by molar-refractivity contribution is 8.97. The summed E-state index contributed by atoms with van der Waals surface area (Å²) in [5, 5.41) is 0. The van der Waals surface area contributed by atoms with Crippen LogP contribution < -0.4 is 6.15 Å². The van der Waals surface area contributed by atoms with Gasteiger partial charge in [-0.15, -0.1) is 0 Å². The fraction of sp³-hybridized carbons (Fsp3) is 0. The lowest BCUT2D eigenvalue weighted by atomic mass is 14.0. The van der Waals surface area contributed by atoms with E-state index in [9.17, 15) is 28.8 Å². The third kappa shape index (κ3) is 2.33. The quantitative estimate of drug-likeness (QED) is 0.502. The lowest BCUT2D eigenvalue weighted by molar-refractivity contribution is 0.559. The fourth-order valence-corrected chi connectivity index (χ4v) is 2.62. The van der Waals surface area contributed by atoms with Crippen molar-refractivity contribution in [2.45, 2.75) is 0 Å². The molecule has 12 heavy (non-hydrogen) atoms. The van der Waals surface area contributed by atoms with Crippen molar-refractivity contribution in [3.8, 4) is 0 Å². The average molecular weight is 246 g/mol. The van der Waals surface area contributed by atoms with Crippen LogP contribution in [0, 0.1) is 4.78 Å². The molecule has 0 aromatic heterocycles. The summed E-state index contributed by atoms with van der Waals surface area (Å²) in [6.07, 6.45) is 0. The highest BCUT2D eigenvalue weighted by Crippen LogP contribution is 2.15. The fourth-order valence-electron chi connectivity index (χ4n) is 0.0971. The van der Waals surface area contributed by atoms with Crippen LogP contribution in [0.4, 0.5) is 7.77 Å². The number of hydrogen-bond donors (Lipinski definition) is 2. The molecule has 0 atom stereocenters. The van der Waals surface area contributed by atoms with E-state index in [0.29, 0.717) is 0 Å². The zero-order chi connectivity index (χ0) is 9.50. The molecule has 0 rings (SSSR count). The normalized spacial score (nSPS) is 13.5. The van der Waals surface area contributed by atoms with Crippen LogP contribution in [0.5, 0.6) is 0 Å². The molecule has 12 heteroatoms. The Balaban J connectivity index is 0. The molecule has 0 aromatic rings. The summed E-state index contributed by atoms with van der Waals surface area (Å²) in [5.74, 6) is 0. The second-order valence-corrected chi connectivity index (χ2v) is 9.56. The Hall–Kier alpha value is -0.330. The molecule has 7 nitrogen and oxygen atoms in total. The lowest BCUT2D eigenvalue weighted by Gasteiger charge is -1.92. The van der Waals surface area contributed by atoms with E-state index >= 15 is 0 Å². The highest BCUT2D eigenvalue weighted by Gasteiger charge is 2.39. The molecule has 0 bridgehead atoms. The molecule has 0 unspecified atom stereocenters. The predicted molar refractivity (Wildman–Crippen MR) is 35.9 cm³/mol. The van der Waals surface area contributed by atoms with Gasteiger partial charge in [0.2, 0.25) is 0 Å². The summed E-state index contributed by atoms with van der Waals surface area (Å²) in [4.78, 5) is 0. The molecule has 0 saturated heterocycles. The monoisotopic (exact) mass is 246 g/mol. The largest absolute Gasteiger partial charge is 0.409 e. The van der Waals surface area contributed by atoms with Gasteiger partial charge in [0, 0.05) is 0 Å². The van der Waals surface area contributed by atoms with Gasteiger partial charge in [-0.1, -0.05) is 7.77 Å². The van der Waals surface area contributed by atoms with Crippen molar-refractivity contribution >= 4 is 26.3 Å². The number of hydrogen-bond acceptors (Lipinski definition) is 7. The highest BCUT2D eigenvalue weighted by atomic mass is 33.6. The minimum atomic E-state index is -6.23. The Morgan fingerprint density at radius 2 is 1.00 bits per heavy atom. The van der Waals surface area contributed by atoms with Gasteiger partial charge in [-0.25, -0.2) is 8.99 Å². The third-order valence-electron chi connectivity index (χ3n) is 0.524. The van der Waals surface area contributed by atoms with Crippen LogP contribution in [0.15, 0.2) is 0 Å². The predicted octanol–water partition coefficient (Wildman–Crippen LogP) is -0.376. The van der Waals surface area contributed by atoms with E-state index in [-0.39, 0.29) is 6.15 Å². The van der Waals surface area contributed by atoms with Crippen molar-refractivity contribution in [2.75, 3.05) is 0 Å². The SMILES string of the molecule is N.N=S(=O)(S(=O)(=O)F)S(=O)(=O)F. The van der Waals surface area contributed by atoms with E-state index in [2.05, 4.69) is 0 Å². The Labute approximate surface area is 66.6 Å². The standard InChI is InChI=1S/F2HNO5S3.H3N/c1-9(4,5)11(3,8)10(2,6)7;/h3H;1H3. The maximum atomic E-state index is 11.6. The Kier molecular flexibility index (Phi) is 3.78. The van der Waals surface area contributed by atoms with Crippen LogP contribution in [-0.4, -0.2) is 21.0 Å².